The summed E-state index contributed by atoms with van der Waals surface area (Å²) in [5, 5.41) is 0. The van der Waals surface area contributed by atoms with Crippen LogP contribution in [0.2, 0.25) is 0 Å². The topological polar surface area (TPSA) is 29.0 Å². The van der Waals surface area contributed by atoms with Gasteiger partial charge in [-0.25, -0.2) is 9.97 Å². The summed E-state index contributed by atoms with van der Waals surface area (Å²) in [5.41, 5.74) is 0. The third-order valence-electron chi connectivity index (χ3n) is 2.03. The van der Waals surface area contributed by atoms with Gasteiger partial charge in [-0.15, -0.1) is 11.6 Å². The molecule has 0 N–H and O–H groups in total. The SMILES string of the molecule is CCCCN(CCCl)c1ccncn1. The fraction of sp³-hybridized carbons (Fsp3) is 0.600. The molecule has 14 heavy (non-hydrogen) atoms. The second-order valence-corrected chi connectivity index (χ2v) is 3.48. The van der Waals surface area contributed by atoms with Crippen molar-refractivity contribution in [2.24, 2.45) is 0 Å². The summed E-state index contributed by atoms with van der Waals surface area (Å²) < 4.78 is 0. The Morgan fingerprint density at radius 3 is 2.86 bits per heavy atom. The predicted octanol–water partition coefficient (Wildman–Crippen LogP) is 2.32. The number of nitrogens with zero attached hydrogens (tertiary/aromatic N) is 3. The first-order chi connectivity index (χ1) is 6.88. The molecular weight excluding hydrogens is 198 g/mol. The minimum atomic E-state index is 0.633. The Bertz CT molecular complexity index is 240. The maximum Gasteiger partial charge on any atom is 0.131 e. The largest absolute Gasteiger partial charge is 0.355 e. The van der Waals surface area contributed by atoms with E-state index < -0.39 is 0 Å². The summed E-state index contributed by atoms with van der Waals surface area (Å²) in [5.74, 6) is 1.60. The first-order valence-electron chi connectivity index (χ1n) is 4.95. The van der Waals surface area contributed by atoms with Gasteiger partial charge < -0.3 is 4.90 Å². The predicted molar refractivity (Wildman–Crippen MR) is 59.9 cm³/mol. The zero-order chi connectivity index (χ0) is 10.2. The number of hydrogen-bond donors (Lipinski definition) is 0. The fourth-order valence-corrected chi connectivity index (χ4v) is 1.47. The van der Waals surface area contributed by atoms with Crippen LogP contribution in [0.5, 0.6) is 0 Å². The molecular formula is C10H16ClN3. The van der Waals surface area contributed by atoms with Crippen molar-refractivity contribution >= 4 is 17.4 Å². The summed E-state index contributed by atoms with van der Waals surface area (Å²) in [6.07, 6.45) is 5.68. The number of rotatable bonds is 6. The molecule has 0 aliphatic heterocycles. The lowest BCUT2D eigenvalue weighted by atomic mass is 10.3. The van der Waals surface area contributed by atoms with Gasteiger partial charge in [0.15, 0.2) is 0 Å². The van der Waals surface area contributed by atoms with Gasteiger partial charge in [0.1, 0.15) is 12.1 Å². The van der Waals surface area contributed by atoms with Gasteiger partial charge in [0, 0.05) is 25.2 Å². The van der Waals surface area contributed by atoms with E-state index in [-0.39, 0.29) is 0 Å². The van der Waals surface area contributed by atoms with Crippen molar-refractivity contribution < 1.29 is 0 Å². The van der Waals surface area contributed by atoms with Gasteiger partial charge in [-0.3, -0.25) is 0 Å². The van der Waals surface area contributed by atoms with Crippen LogP contribution in [0.25, 0.3) is 0 Å². The molecule has 0 atom stereocenters. The molecule has 0 fully saturated rings. The third-order valence-corrected chi connectivity index (χ3v) is 2.20. The van der Waals surface area contributed by atoms with Crippen molar-refractivity contribution in [3.63, 3.8) is 0 Å². The van der Waals surface area contributed by atoms with Crippen molar-refractivity contribution in [3.8, 4) is 0 Å². The van der Waals surface area contributed by atoms with Gasteiger partial charge >= 0.3 is 0 Å². The molecule has 1 heterocycles. The van der Waals surface area contributed by atoms with Gasteiger partial charge in [0.05, 0.1) is 0 Å². The van der Waals surface area contributed by atoms with Gasteiger partial charge in [-0.2, -0.15) is 0 Å². The Kier molecular flexibility index (Phi) is 5.30. The lowest BCUT2D eigenvalue weighted by Crippen LogP contribution is -2.27. The maximum absolute atomic E-state index is 5.74. The van der Waals surface area contributed by atoms with Gasteiger partial charge in [0.25, 0.3) is 0 Å². The Labute approximate surface area is 90.1 Å². The molecule has 1 aromatic rings. The highest BCUT2D eigenvalue weighted by Gasteiger charge is 2.05. The van der Waals surface area contributed by atoms with Crippen LogP contribution in [-0.2, 0) is 0 Å². The van der Waals surface area contributed by atoms with Crippen LogP contribution in [0.1, 0.15) is 19.8 Å². The number of aromatic nitrogens is 2. The number of hydrogen-bond acceptors (Lipinski definition) is 3. The molecule has 0 unspecified atom stereocenters. The molecule has 4 heteroatoms. The molecule has 0 aromatic carbocycles. The van der Waals surface area contributed by atoms with Crippen LogP contribution >= 0.6 is 11.6 Å². The van der Waals surface area contributed by atoms with E-state index in [1.165, 1.54) is 12.8 Å². The average molecular weight is 214 g/mol. The van der Waals surface area contributed by atoms with Crippen molar-refractivity contribution in [2.75, 3.05) is 23.9 Å². The van der Waals surface area contributed by atoms with E-state index in [0.29, 0.717) is 5.88 Å². The highest BCUT2D eigenvalue weighted by molar-refractivity contribution is 6.18. The van der Waals surface area contributed by atoms with Crippen LogP contribution in [0.3, 0.4) is 0 Å². The smallest absolute Gasteiger partial charge is 0.131 e. The zero-order valence-corrected chi connectivity index (χ0v) is 9.24. The first kappa shape index (κ1) is 11.2. The van der Waals surface area contributed by atoms with E-state index >= 15 is 0 Å². The molecule has 0 saturated carbocycles. The van der Waals surface area contributed by atoms with E-state index in [2.05, 4.69) is 21.8 Å². The fourth-order valence-electron chi connectivity index (χ4n) is 1.26. The molecule has 1 aromatic heterocycles. The number of unbranched alkanes of at least 4 members (excludes halogenated alkanes) is 1. The van der Waals surface area contributed by atoms with Crippen LogP contribution in [-0.4, -0.2) is 28.9 Å². The molecule has 78 valence electrons. The molecule has 0 spiro atoms. The second-order valence-electron chi connectivity index (χ2n) is 3.10. The monoisotopic (exact) mass is 213 g/mol. The highest BCUT2D eigenvalue weighted by atomic mass is 35.5. The van der Waals surface area contributed by atoms with E-state index in [1.54, 1.807) is 12.5 Å². The lowest BCUT2D eigenvalue weighted by Gasteiger charge is -2.21. The Morgan fingerprint density at radius 1 is 1.43 bits per heavy atom. The molecule has 0 saturated heterocycles. The minimum absolute atomic E-state index is 0.633. The number of alkyl halides is 1. The highest BCUT2D eigenvalue weighted by Crippen LogP contribution is 2.09. The summed E-state index contributed by atoms with van der Waals surface area (Å²) in [7, 11) is 0. The summed E-state index contributed by atoms with van der Waals surface area (Å²) in [4.78, 5) is 10.3. The van der Waals surface area contributed by atoms with Gasteiger partial charge in [-0.1, -0.05) is 13.3 Å². The van der Waals surface area contributed by atoms with E-state index in [4.69, 9.17) is 11.6 Å². The lowest BCUT2D eigenvalue weighted by molar-refractivity contribution is 0.724. The Morgan fingerprint density at radius 2 is 2.29 bits per heavy atom. The van der Waals surface area contributed by atoms with Crippen LogP contribution in [0.15, 0.2) is 18.6 Å². The maximum atomic E-state index is 5.74. The van der Waals surface area contributed by atoms with Crippen LogP contribution < -0.4 is 4.90 Å². The van der Waals surface area contributed by atoms with E-state index in [1.807, 2.05) is 6.07 Å². The van der Waals surface area contributed by atoms with Crippen molar-refractivity contribution in [1.29, 1.82) is 0 Å². The van der Waals surface area contributed by atoms with E-state index in [0.717, 1.165) is 18.9 Å². The first-order valence-corrected chi connectivity index (χ1v) is 5.49. The normalized spacial score (nSPS) is 10.1. The molecule has 1 rings (SSSR count). The average Bonchev–Trinajstić information content (AvgIpc) is 2.25. The minimum Gasteiger partial charge on any atom is -0.355 e. The quantitative estimate of drug-likeness (QED) is 0.680. The van der Waals surface area contributed by atoms with Crippen molar-refractivity contribution in [2.45, 2.75) is 19.8 Å². The van der Waals surface area contributed by atoms with Gasteiger partial charge in [0.2, 0.25) is 0 Å². The third kappa shape index (κ3) is 3.50. The molecule has 0 aliphatic rings. The van der Waals surface area contributed by atoms with Crippen molar-refractivity contribution in [1.82, 2.24) is 9.97 Å². The number of anilines is 1. The molecule has 3 nitrogen and oxygen atoms in total. The Balaban J connectivity index is 2.58. The molecule has 0 radical (unpaired) electrons. The summed E-state index contributed by atoms with van der Waals surface area (Å²) in [6.45, 7) is 4.04. The van der Waals surface area contributed by atoms with E-state index in [9.17, 15) is 0 Å². The molecule has 0 bridgehead atoms. The number of halogens is 1. The molecule has 0 amide bonds. The van der Waals surface area contributed by atoms with Gasteiger partial charge in [-0.05, 0) is 12.5 Å². The standard InChI is InChI=1S/C10H16ClN3/c1-2-3-7-14(8-5-11)10-4-6-12-9-13-10/h4,6,9H,2-3,5,7-8H2,1H3. The second kappa shape index (κ2) is 6.60. The van der Waals surface area contributed by atoms with Crippen LogP contribution in [0, 0.1) is 0 Å². The summed E-state index contributed by atoms with van der Waals surface area (Å²) >= 11 is 5.74. The van der Waals surface area contributed by atoms with Crippen molar-refractivity contribution in [3.05, 3.63) is 18.6 Å². The zero-order valence-electron chi connectivity index (χ0n) is 8.49. The van der Waals surface area contributed by atoms with Crippen LogP contribution in [0.4, 0.5) is 5.82 Å². The molecule has 0 aliphatic carbocycles. The Hall–Kier alpha value is -0.830. The summed E-state index contributed by atoms with van der Waals surface area (Å²) in [6, 6.07) is 1.92.